The van der Waals surface area contributed by atoms with Gasteiger partial charge in [0.1, 0.15) is 18.2 Å². The zero-order valence-corrected chi connectivity index (χ0v) is 19.1. The summed E-state index contributed by atoms with van der Waals surface area (Å²) in [4.78, 5) is 5.13. The number of para-hydroxylation sites is 2. The molecule has 0 atom stereocenters. The third-order valence-corrected chi connectivity index (χ3v) is 6.11. The van der Waals surface area contributed by atoms with Crippen LogP contribution in [0.25, 0.3) is 11.0 Å². The highest BCUT2D eigenvalue weighted by Crippen LogP contribution is 2.33. The number of aromatic nitrogens is 2. The highest BCUT2D eigenvalue weighted by atomic mass is 16.5. The molecule has 1 heterocycles. The van der Waals surface area contributed by atoms with Crippen LogP contribution in [0.15, 0.2) is 103 Å². The molecule has 0 spiro atoms. The highest BCUT2D eigenvalue weighted by molar-refractivity contribution is 5.76. The second-order valence-electron chi connectivity index (χ2n) is 8.48. The number of fused-ring (bicyclic) bond motifs is 1. The Morgan fingerprint density at radius 3 is 2.06 bits per heavy atom. The van der Waals surface area contributed by atoms with E-state index in [-0.39, 0.29) is 5.92 Å². The van der Waals surface area contributed by atoms with Crippen LogP contribution in [0.5, 0.6) is 5.75 Å². The second kappa shape index (κ2) is 9.33. The molecule has 0 saturated heterocycles. The van der Waals surface area contributed by atoms with Crippen molar-refractivity contribution < 1.29 is 4.74 Å². The molecule has 0 amide bonds. The summed E-state index contributed by atoms with van der Waals surface area (Å²) in [5.74, 6) is 2.02. The third-order valence-electron chi connectivity index (χ3n) is 6.11. The first-order chi connectivity index (χ1) is 16.2. The van der Waals surface area contributed by atoms with Gasteiger partial charge in [0.05, 0.1) is 23.5 Å². The van der Waals surface area contributed by atoms with Gasteiger partial charge in [0.25, 0.3) is 0 Å². The molecule has 0 radical (unpaired) electrons. The van der Waals surface area contributed by atoms with Gasteiger partial charge in [-0.25, -0.2) is 4.98 Å². The van der Waals surface area contributed by atoms with E-state index in [1.807, 2.05) is 0 Å². The molecule has 0 fully saturated rings. The molecule has 0 N–H and O–H groups in total. The first-order valence-electron chi connectivity index (χ1n) is 11.5. The molecule has 5 rings (SSSR count). The molecule has 0 unspecified atom stereocenters. The first kappa shape index (κ1) is 21.0. The lowest BCUT2D eigenvalue weighted by atomic mass is 9.90. The van der Waals surface area contributed by atoms with Gasteiger partial charge < -0.3 is 9.30 Å². The van der Waals surface area contributed by atoms with Crippen molar-refractivity contribution in [2.75, 3.05) is 6.61 Å². The number of hydrogen-bond acceptors (Lipinski definition) is 2. The first-order valence-corrected chi connectivity index (χ1v) is 11.5. The Kier molecular flexibility index (Phi) is 5.95. The van der Waals surface area contributed by atoms with Crippen molar-refractivity contribution >= 4 is 11.0 Å². The van der Waals surface area contributed by atoms with Crippen molar-refractivity contribution in [2.45, 2.75) is 26.3 Å². The normalized spacial score (nSPS) is 11.2. The highest BCUT2D eigenvalue weighted by Gasteiger charge is 2.23. The van der Waals surface area contributed by atoms with Gasteiger partial charge in [-0.05, 0) is 48.7 Å². The summed E-state index contributed by atoms with van der Waals surface area (Å²) >= 11 is 0. The minimum atomic E-state index is 0.0425. The van der Waals surface area contributed by atoms with E-state index in [1.54, 1.807) is 0 Å². The molecule has 0 saturated carbocycles. The number of aryl methyl sites for hydroxylation is 2. The number of imidazole rings is 1. The fourth-order valence-corrected chi connectivity index (χ4v) is 4.54. The van der Waals surface area contributed by atoms with E-state index in [0.717, 1.165) is 34.7 Å². The van der Waals surface area contributed by atoms with Gasteiger partial charge in [-0.15, -0.1) is 0 Å². The van der Waals surface area contributed by atoms with Crippen LogP contribution >= 0.6 is 0 Å². The maximum absolute atomic E-state index is 6.21. The molecular weight excluding hydrogens is 404 g/mol. The minimum Gasteiger partial charge on any atom is -0.491 e. The van der Waals surface area contributed by atoms with E-state index in [0.29, 0.717) is 6.61 Å². The summed E-state index contributed by atoms with van der Waals surface area (Å²) < 4.78 is 8.53. The molecule has 3 nitrogen and oxygen atoms in total. The Morgan fingerprint density at radius 1 is 0.758 bits per heavy atom. The summed E-state index contributed by atoms with van der Waals surface area (Å²) in [6.07, 6.45) is 0. The predicted molar refractivity (Wildman–Crippen MR) is 135 cm³/mol. The van der Waals surface area contributed by atoms with Crippen molar-refractivity contribution in [1.29, 1.82) is 0 Å². The summed E-state index contributed by atoms with van der Waals surface area (Å²) in [5, 5.41) is 0. The van der Waals surface area contributed by atoms with Crippen LogP contribution in [0.2, 0.25) is 0 Å². The average Bonchev–Trinajstić information content (AvgIpc) is 3.20. The van der Waals surface area contributed by atoms with Crippen LogP contribution in [-0.2, 0) is 6.54 Å². The lowest BCUT2D eigenvalue weighted by molar-refractivity contribution is 0.296. The molecule has 0 aliphatic rings. The Bertz CT molecular complexity index is 1320. The zero-order valence-electron chi connectivity index (χ0n) is 19.1. The largest absolute Gasteiger partial charge is 0.491 e. The van der Waals surface area contributed by atoms with Crippen LogP contribution in [0.4, 0.5) is 0 Å². The molecule has 1 aromatic heterocycles. The van der Waals surface area contributed by atoms with Gasteiger partial charge in [0, 0.05) is 0 Å². The maximum atomic E-state index is 6.21. The van der Waals surface area contributed by atoms with E-state index >= 15 is 0 Å². The lowest BCUT2D eigenvalue weighted by Crippen LogP contribution is -2.16. The Hall–Kier alpha value is -3.85. The third kappa shape index (κ3) is 4.40. The molecule has 5 aromatic rings. The molecular formula is C30H28N2O. The monoisotopic (exact) mass is 432 g/mol. The number of nitrogens with zero attached hydrogens (tertiary/aromatic N) is 2. The summed E-state index contributed by atoms with van der Waals surface area (Å²) in [6.45, 7) is 5.50. The minimum absolute atomic E-state index is 0.0425. The van der Waals surface area contributed by atoms with Crippen LogP contribution in [-0.4, -0.2) is 16.2 Å². The van der Waals surface area contributed by atoms with Gasteiger partial charge in [0.15, 0.2) is 0 Å². The summed E-state index contributed by atoms with van der Waals surface area (Å²) in [7, 11) is 0. The van der Waals surface area contributed by atoms with Crippen molar-refractivity contribution in [3.63, 3.8) is 0 Å². The molecule has 33 heavy (non-hydrogen) atoms. The van der Waals surface area contributed by atoms with Crippen LogP contribution in [0.3, 0.4) is 0 Å². The SMILES string of the molecule is Cc1ccc(OCCn2c(C(c3ccccc3)c3ccccc3)nc3ccccc32)c(C)c1. The lowest BCUT2D eigenvalue weighted by Gasteiger charge is -2.20. The molecule has 0 aliphatic carbocycles. The second-order valence-corrected chi connectivity index (χ2v) is 8.48. The fourth-order valence-electron chi connectivity index (χ4n) is 4.54. The Labute approximate surface area is 195 Å². The average molecular weight is 433 g/mol. The van der Waals surface area contributed by atoms with E-state index in [1.165, 1.54) is 16.7 Å². The van der Waals surface area contributed by atoms with Crippen LogP contribution < -0.4 is 4.74 Å². The van der Waals surface area contributed by atoms with Gasteiger partial charge in [-0.3, -0.25) is 0 Å². The molecule has 4 aromatic carbocycles. The molecule has 0 bridgehead atoms. The standard InChI is InChI=1S/C30H28N2O/c1-22-17-18-28(23(2)21-22)33-20-19-32-27-16-10-9-15-26(27)31-30(32)29(24-11-5-3-6-12-24)25-13-7-4-8-14-25/h3-18,21,29H,19-20H2,1-2H3. The maximum Gasteiger partial charge on any atom is 0.122 e. The van der Waals surface area contributed by atoms with E-state index in [4.69, 9.17) is 9.72 Å². The van der Waals surface area contributed by atoms with Crippen molar-refractivity contribution in [1.82, 2.24) is 9.55 Å². The van der Waals surface area contributed by atoms with E-state index < -0.39 is 0 Å². The van der Waals surface area contributed by atoms with Crippen LogP contribution in [0, 0.1) is 13.8 Å². The molecule has 164 valence electrons. The number of ether oxygens (including phenoxy) is 1. The summed E-state index contributed by atoms with van der Waals surface area (Å²) in [6, 6.07) is 36.0. The van der Waals surface area contributed by atoms with Gasteiger partial charge in [-0.2, -0.15) is 0 Å². The molecule has 0 aliphatic heterocycles. The number of benzene rings is 4. The Morgan fingerprint density at radius 2 is 1.39 bits per heavy atom. The number of hydrogen-bond donors (Lipinski definition) is 0. The van der Waals surface area contributed by atoms with Crippen molar-refractivity contribution in [2.24, 2.45) is 0 Å². The van der Waals surface area contributed by atoms with Gasteiger partial charge in [-0.1, -0.05) is 90.5 Å². The van der Waals surface area contributed by atoms with Crippen LogP contribution in [0.1, 0.15) is 34.0 Å². The zero-order chi connectivity index (χ0) is 22.6. The fraction of sp³-hybridized carbons (Fsp3) is 0.167. The quantitative estimate of drug-likeness (QED) is 0.279. The summed E-state index contributed by atoms with van der Waals surface area (Å²) in [5.41, 5.74) is 7.02. The topological polar surface area (TPSA) is 27.1 Å². The van der Waals surface area contributed by atoms with Gasteiger partial charge >= 0.3 is 0 Å². The van der Waals surface area contributed by atoms with Crippen molar-refractivity contribution in [3.8, 4) is 5.75 Å². The predicted octanol–water partition coefficient (Wildman–Crippen LogP) is 6.91. The van der Waals surface area contributed by atoms with Gasteiger partial charge in [0.2, 0.25) is 0 Å². The van der Waals surface area contributed by atoms with E-state index in [9.17, 15) is 0 Å². The van der Waals surface area contributed by atoms with E-state index in [2.05, 4.69) is 122 Å². The Balaban J connectivity index is 1.55. The smallest absolute Gasteiger partial charge is 0.122 e. The molecule has 3 heteroatoms. The number of rotatable bonds is 7. The van der Waals surface area contributed by atoms with Crippen molar-refractivity contribution in [3.05, 3.63) is 131 Å².